The zero-order chi connectivity index (χ0) is 18.7. The Morgan fingerprint density at radius 2 is 1.96 bits per heavy atom. The number of nitrogens with zero attached hydrogens (tertiary/aromatic N) is 1. The third-order valence-corrected chi connectivity index (χ3v) is 4.84. The third-order valence-electron chi connectivity index (χ3n) is 4.03. The summed E-state index contributed by atoms with van der Waals surface area (Å²) >= 11 is 1.50. The van der Waals surface area contributed by atoms with Crippen molar-refractivity contribution in [2.75, 3.05) is 18.6 Å². The van der Waals surface area contributed by atoms with Crippen molar-refractivity contribution in [1.82, 2.24) is 0 Å². The van der Waals surface area contributed by atoms with Crippen molar-refractivity contribution < 1.29 is 19.1 Å². The van der Waals surface area contributed by atoms with E-state index in [0.29, 0.717) is 29.1 Å². The van der Waals surface area contributed by atoms with Gasteiger partial charge in [-0.1, -0.05) is 6.07 Å². The molecule has 134 valence electrons. The molecular formula is C20H19NO4S. The summed E-state index contributed by atoms with van der Waals surface area (Å²) < 4.78 is 10.4. The molecule has 0 radical (unpaired) electrons. The van der Waals surface area contributed by atoms with Crippen LogP contribution in [-0.2, 0) is 14.3 Å². The minimum absolute atomic E-state index is 0.250. The van der Waals surface area contributed by atoms with Crippen LogP contribution in [0.2, 0.25) is 0 Å². The number of thiophene rings is 1. The summed E-state index contributed by atoms with van der Waals surface area (Å²) in [6.07, 6.45) is 1.73. The van der Waals surface area contributed by atoms with Crippen LogP contribution in [0, 0.1) is 0 Å². The Bertz CT molecular complexity index is 879. The molecule has 1 aromatic heterocycles. The second-order valence-electron chi connectivity index (χ2n) is 5.59. The highest BCUT2D eigenvalue weighted by atomic mass is 32.1. The second kappa shape index (κ2) is 7.58. The molecule has 6 heteroatoms. The number of amides is 1. The minimum Gasteiger partial charge on any atom is -0.494 e. The lowest BCUT2D eigenvalue weighted by Crippen LogP contribution is -2.24. The minimum atomic E-state index is -0.521. The molecule has 2 aromatic rings. The zero-order valence-corrected chi connectivity index (χ0v) is 15.6. The molecule has 0 aliphatic carbocycles. The van der Waals surface area contributed by atoms with Crippen molar-refractivity contribution in [1.29, 1.82) is 0 Å². The van der Waals surface area contributed by atoms with E-state index >= 15 is 0 Å². The van der Waals surface area contributed by atoms with Crippen LogP contribution in [-0.4, -0.2) is 25.6 Å². The van der Waals surface area contributed by atoms with E-state index in [-0.39, 0.29) is 5.91 Å². The van der Waals surface area contributed by atoms with Gasteiger partial charge in [-0.15, -0.1) is 11.3 Å². The van der Waals surface area contributed by atoms with Crippen LogP contribution in [0.4, 0.5) is 5.69 Å². The maximum absolute atomic E-state index is 13.1. The summed E-state index contributed by atoms with van der Waals surface area (Å²) in [5, 5.41) is 1.92. The van der Waals surface area contributed by atoms with Crippen molar-refractivity contribution in [3.8, 4) is 5.75 Å². The molecule has 0 atom stereocenters. The quantitative estimate of drug-likeness (QED) is 0.590. The third kappa shape index (κ3) is 3.28. The number of ether oxygens (including phenoxy) is 2. The van der Waals surface area contributed by atoms with Crippen LogP contribution < -0.4 is 9.64 Å². The van der Waals surface area contributed by atoms with Gasteiger partial charge in [0.1, 0.15) is 5.75 Å². The summed E-state index contributed by atoms with van der Waals surface area (Å²) in [4.78, 5) is 27.8. The average molecular weight is 369 g/mol. The van der Waals surface area contributed by atoms with Gasteiger partial charge in [-0.05, 0) is 55.6 Å². The molecule has 26 heavy (non-hydrogen) atoms. The van der Waals surface area contributed by atoms with Gasteiger partial charge in [-0.2, -0.15) is 0 Å². The van der Waals surface area contributed by atoms with E-state index in [4.69, 9.17) is 9.47 Å². The molecular weight excluding hydrogens is 350 g/mol. The molecule has 0 saturated carbocycles. The standard InChI is InChI=1S/C20H19NO4S/c1-4-25-15-9-7-14(8-10-15)21-13(2)18(20(23)24-3)17(19(21)22)12-16-6-5-11-26-16/h5-12H,4H2,1-3H3/b17-12-. The van der Waals surface area contributed by atoms with Crippen molar-refractivity contribution >= 4 is 35.0 Å². The van der Waals surface area contributed by atoms with E-state index in [0.717, 1.165) is 10.6 Å². The molecule has 1 aliphatic rings. The summed E-state index contributed by atoms with van der Waals surface area (Å²) in [6.45, 7) is 4.23. The number of hydrogen-bond donors (Lipinski definition) is 0. The van der Waals surface area contributed by atoms with E-state index < -0.39 is 5.97 Å². The summed E-state index contributed by atoms with van der Waals surface area (Å²) in [5.74, 6) is -0.0420. The van der Waals surface area contributed by atoms with Crippen molar-refractivity contribution in [3.63, 3.8) is 0 Å². The number of anilines is 1. The fraction of sp³-hybridized carbons (Fsp3) is 0.200. The van der Waals surface area contributed by atoms with Gasteiger partial charge in [0.25, 0.3) is 5.91 Å². The Morgan fingerprint density at radius 3 is 2.54 bits per heavy atom. The highest BCUT2D eigenvalue weighted by Gasteiger charge is 2.37. The predicted molar refractivity (Wildman–Crippen MR) is 102 cm³/mol. The molecule has 0 bridgehead atoms. The first-order chi connectivity index (χ1) is 12.6. The molecule has 2 heterocycles. The smallest absolute Gasteiger partial charge is 0.340 e. The number of rotatable bonds is 5. The van der Waals surface area contributed by atoms with Crippen molar-refractivity contribution in [2.45, 2.75) is 13.8 Å². The van der Waals surface area contributed by atoms with Gasteiger partial charge in [-0.3, -0.25) is 9.69 Å². The molecule has 0 saturated heterocycles. The molecule has 3 rings (SSSR count). The van der Waals surface area contributed by atoms with Gasteiger partial charge in [0.05, 0.1) is 24.9 Å². The van der Waals surface area contributed by atoms with Gasteiger partial charge in [-0.25, -0.2) is 4.79 Å². The van der Waals surface area contributed by atoms with Crippen LogP contribution in [0.15, 0.2) is 58.6 Å². The maximum Gasteiger partial charge on any atom is 0.340 e. The maximum atomic E-state index is 13.1. The lowest BCUT2D eigenvalue weighted by atomic mass is 10.1. The molecule has 1 aromatic carbocycles. The topological polar surface area (TPSA) is 55.8 Å². The van der Waals surface area contributed by atoms with Crippen LogP contribution in [0.5, 0.6) is 5.75 Å². The lowest BCUT2D eigenvalue weighted by molar-refractivity contribution is -0.136. The van der Waals surface area contributed by atoms with Crippen LogP contribution >= 0.6 is 11.3 Å². The van der Waals surface area contributed by atoms with Crippen molar-refractivity contribution in [2.24, 2.45) is 0 Å². The number of allylic oxidation sites excluding steroid dienone is 1. The molecule has 0 N–H and O–H groups in total. The van der Waals surface area contributed by atoms with Gasteiger partial charge in [0, 0.05) is 16.3 Å². The average Bonchev–Trinajstić information content (AvgIpc) is 3.23. The Labute approximate surface area is 156 Å². The first-order valence-corrected chi connectivity index (χ1v) is 9.06. The van der Waals surface area contributed by atoms with E-state index in [2.05, 4.69) is 0 Å². The number of carbonyl (C=O) groups excluding carboxylic acids is 2. The van der Waals surface area contributed by atoms with Gasteiger partial charge in [0.15, 0.2) is 0 Å². The second-order valence-corrected chi connectivity index (χ2v) is 6.57. The molecule has 1 aliphatic heterocycles. The molecule has 0 unspecified atom stereocenters. The first kappa shape index (κ1) is 17.9. The van der Waals surface area contributed by atoms with E-state index in [1.807, 2.05) is 24.4 Å². The Hall–Kier alpha value is -2.86. The number of methoxy groups -OCH3 is 1. The van der Waals surface area contributed by atoms with E-state index in [1.54, 1.807) is 37.3 Å². The molecule has 0 spiro atoms. The predicted octanol–water partition coefficient (Wildman–Crippen LogP) is 4.02. The monoisotopic (exact) mass is 369 g/mol. The number of benzene rings is 1. The Morgan fingerprint density at radius 1 is 1.23 bits per heavy atom. The first-order valence-electron chi connectivity index (χ1n) is 8.19. The molecule has 1 amide bonds. The summed E-state index contributed by atoms with van der Waals surface area (Å²) in [6, 6.07) is 11.0. The van der Waals surface area contributed by atoms with Crippen LogP contribution in [0.3, 0.4) is 0 Å². The van der Waals surface area contributed by atoms with Gasteiger partial charge >= 0.3 is 5.97 Å². The lowest BCUT2D eigenvalue weighted by Gasteiger charge is -2.18. The van der Waals surface area contributed by atoms with E-state index in [9.17, 15) is 9.59 Å². The highest BCUT2D eigenvalue weighted by molar-refractivity contribution is 7.10. The molecule has 5 nitrogen and oxygen atoms in total. The summed E-state index contributed by atoms with van der Waals surface area (Å²) in [5.41, 5.74) is 1.85. The number of carbonyl (C=O) groups is 2. The van der Waals surface area contributed by atoms with Crippen molar-refractivity contribution in [3.05, 3.63) is 63.5 Å². The normalized spacial score (nSPS) is 15.7. The van der Waals surface area contributed by atoms with Crippen LogP contribution in [0.1, 0.15) is 18.7 Å². The fourth-order valence-electron chi connectivity index (χ4n) is 2.86. The number of hydrogen-bond acceptors (Lipinski definition) is 5. The van der Waals surface area contributed by atoms with Crippen LogP contribution in [0.25, 0.3) is 6.08 Å². The van der Waals surface area contributed by atoms with Gasteiger partial charge in [0.2, 0.25) is 0 Å². The van der Waals surface area contributed by atoms with Gasteiger partial charge < -0.3 is 9.47 Å². The number of esters is 1. The fourth-order valence-corrected chi connectivity index (χ4v) is 3.52. The molecule has 0 fully saturated rings. The Kier molecular flexibility index (Phi) is 5.23. The SMILES string of the molecule is CCOc1ccc(N2C(=O)/C(=C\c3cccs3)C(C(=O)OC)=C2C)cc1. The highest BCUT2D eigenvalue weighted by Crippen LogP contribution is 2.36. The summed E-state index contributed by atoms with van der Waals surface area (Å²) in [7, 11) is 1.31. The Balaban J connectivity index is 2.05. The largest absolute Gasteiger partial charge is 0.494 e. The zero-order valence-electron chi connectivity index (χ0n) is 14.8. The van der Waals surface area contributed by atoms with E-state index in [1.165, 1.54) is 23.3 Å².